The Morgan fingerprint density at radius 1 is 1.23 bits per heavy atom. The number of rotatable bonds is 7. The molecule has 0 radical (unpaired) electrons. The van der Waals surface area contributed by atoms with Crippen LogP contribution in [0, 0.1) is 6.92 Å². The molecule has 2 N–H and O–H groups in total. The van der Waals surface area contributed by atoms with Gasteiger partial charge in [-0.2, -0.15) is 0 Å². The van der Waals surface area contributed by atoms with Crippen LogP contribution >= 0.6 is 0 Å². The summed E-state index contributed by atoms with van der Waals surface area (Å²) in [4.78, 5) is 4.38. The van der Waals surface area contributed by atoms with Gasteiger partial charge >= 0.3 is 0 Å². The van der Waals surface area contributed by atoms with Gasteiger partial charge in [-0.25, -0.2) is 13.4 Å². The van der Waals surface area contributed by atoms with Crippen molar-refractivity contribution < 1.29 is 13.2 Å². The van der Waals surface area contributed by atoms with Gasteiger partial charge < -0.3 is 10.1 Å². The maximum atomic E-state index is 12.3. The lowest BCUT2D eigenvalue weighted by atomic mass is 10.2. The van der Waals surface area contributed by atoms with Crippen molar-refractivity contribution in [3.63, 3.8) is 0 Å². The lowest BCUT2D eigenvalue weighted by molar-refractivity contribution is 0.210. The van der Waals surface area contributed by atoms with Crippen molar-refractivity contribution in [1.82, 2.24) is 4.98 Å². The second-order valence-electron chi connectivity index (χ2n) is 4.77. The number of aromatic nitrogens is 1. The van der Waals surface area contributed by atoms with Crippen LogP contribution in [-0.4, -0.2) is 33.7 Å². The zero-order chi connectivity index (χ0) is 16.0. The average Bonchev–Trinajstić information content (AvgIpc) is 2.49. The van der Waals surface area contributed by atoms with E-state index in [9.17, 15) is 8.42 Å². The number of hydrogen-bond acceptors (Lipinski definition) is 5. The largest absolute Gasteiger partial charge is 0.383 e. The van der Waals surface area contributed by atoms with Crippen LogP contribution in [0.2, 0.25) is 0 Å². The molecule has 2 aromatic rings. The van der Waals surface area contributed by atoms with E-state index >= 15 is 0 Å². The lowest BCUT2D eigenvalue weighted by Gasteiger charge is -2.09. The van der Waals surface area contributed by atoms with E-state index in [0.29, 0.717) is 24.7 Å². The molecule has 0 aliphatic rings. The highest BCUT2D eigenvalue weighted by atomic mass is 32.2. The number of ether oxygens (including phenoxy) is 1. The predicted octanol–water partition coefficient (Wildman–Crippen LogP) is 2.25. The molecule has 0 saturated carbocycles. The third-order valence-electron chi connectivity index (χ3n) is 2.93. The van der Waals surface area contributed by atoms with Crippen molar-refractivity contribution in [2.75, 3.05) is 30.3 Å². The number of sulfonamides is 1. The second-order valence-corrected chi connectivity index (χ2v) is 6.46. The van der Waals surface area contributed by atoms with Crippen molar-refractivity contribution in [1.29, 1.82) is 0 Å². The fourth-order valence-electron chi connectivity index (χ4n) is 1.84. The number of benzene rings is 1. The van der Waals surface area contributed by atoms with Crippen molar-refractivity contribution in [3.05, 3.63) is 48.2 Å². The summed E-state index contributed by atoms with van der Waals surface area (Å²) in [6.07, 6.45) is 1.47. The molecule has 6 nitrogen and oxygen atoms in total. The van der Waals surface area contributed by atoms with Crippen LogP contribution in [0.4, 0.5) is 11.5 Å². The van der Waals surface area contributed by atoms with Gasteiger partial charge in [0.25, 0.3) is 10.0 Å². The van der Waals surface area contributed by atoms with E-state index in [1.165, 1.54) is 6.20 Å². The highest BCUT2D eigenvalue weighted by molar-refractivity contribution is 7.92. The minimum Gasteiger partial charge on any atom is -0.383 e. The molecule has 1 heterocycles. The Morgan fingerprint density at radius 2 is 2.05 bits per heavy atom. The summed E-state index contributed by atoms with van der Waals surface area (Å²) in [5.41, 5.74) is 1.30. The van der Waals surface area contributed by atoms with Gasteiger partial charge in [0.05, 0.1) is 23.4 Å². The van der Waals surface area contributed by atoms with Crippen molar-refractivity contribution >= 4 is 21.5 Å². The van der Waals surface area contributed by atoms with Gasteiger partial charge in [0, 0.05) is 13.7 Å². The molecule has 2 rings (SSSR count). The number of aryl methyl sites for hydroxylation is 1. The van der Waals surface area contributed by atoms with Crippen LogP contribution in [0.1, 0.15) is 5.56 Å². The molecule has 1 aromatic carbocycles. The Kier molecular flexibility index (Phi) is 5.35. The molecule has 22 heavy (non-hydrogen) atoms. The molecule has 0 amide bonds. The first-order valence-electron chi connectivity index (χ1n) is 6.79. The minimum absolute atomic E-state index is 0.231. The lowest BCUT2D eigenvalue weighted by Crippen LogP contribution is -2.13. The molecule has 118 valence electrons. The van der Waals surface area contributed by atoms with Gasteiger partial charge in [-0.05, 0) is 36.8 Å². The summed E-state index contributed by atoms with van der Waals surface area (Å²) in [6, 6.07) is 10.1. The first-order chi connectivity index (χ1) is 10.5. The first-order valence-corrected chi connectivity index (χ1v) is 8.28. The molecule has 1 aromatic heterocycles. The Balaban J connectivity index is 2.06. The molecule has 0 aliphatic carbocycles. The predicted molar refractivity (Wildman–Crippen MR) is 86.6 cm³/mol. The third-order valence-corrected chi connectivity index (χ3v) is 4.31. The van der Waals surface area contributed by atoms with Crippen LogP contribution in [0.3, 0.4) is 0 Å². The molecular formula is C15H19N3O3S. The number of nitrogens with zero attached hydrogens (tertiary/aromatic N) is 1. The van der Waals surface area contributed by atoms with E-state index < -0.39 is 10.0 Å². The average molecular weight is 321 g/mol. The van der Waals surface area contributed by atoms with E-state index in [4.69, 9.17) is 4.74 Å². The molecule has 0 fully saturated rings. The van der Waals surface area contributed by atoms with Crippen LogP contribution in [0.15, 0.2) is 47.5 Å². The van der Waals surface area contributed by atoms with E-state index in [2.05, 4.69) is 15.0 Å². The van der Waals surface area contributed by atoms with Gasteiger partial charge in [-0.15, -0.1) is 0 Å². The Morgan fingerprint density at radius 3 is 2.68 bits per heavy atom. The van der Waals surface area contributed by atoms with Gasteiger partial charge in [0.1, 0.15) is 5.82 Å². The molecule has 0 spiro atoms. The van der Waals surface area contributed by atoms with Crippen LogP contribution in [0.25, 0.3) is 0 Å². The number of pyridine rings is 1. The molecular weight excluding hydrogens is 302 g/mol. The third kappa shape index (κ3) is 4.44. The van der Waals surface area contributed by atoms with Crippen LogP contribution in [-0.2, 0) is 14.8 Å². The van der Waals surface area contributed by atoms with E-state index in [1.54, 1.807) is 37.4 Å². The summed E-state index contributed by atoms with van der Waals surface area (Å²) >= 11 is 0. The molecule has 7 heteroatoms. The number of methoxy groups -OCH3 is 1. The van der Waals surface area contributed by atoms with Crippen molar-refractivity contribution in [3.8, 4) is 0 Å². The Labute approximate surface area is 130 Å². The maximum Gasteiger partial charge on any atom is 0.261 e. The summed E-state index contributed by atoms with van der Waals surface area (Å²) in [5, 5.41) is 3.06. The number of anilines is 2. The van der Waals surface area contributed by atoms with E-state index in [1.807, 2.05) is 13.0 Å². The van der Waals surface area contributed by atoms with Crippen LogP contribution < -0.4 is 10.0 Å². The molecule has 0 saturated heterocycles. The van der Waals surface area contributed by atoms with Crippen molar-refractivity contribution in [2.24, 2.45) is 0 Å². The summed E-state index contributed by atoms with van der Waals surface area (Å²) in [5.74, 6) is 0.663. The van der Waals surface area contributed by atoms with Gasteiger partial charge in [0.2, 0.25) is 0 Å². The molecule has 0 bridgehead atoms. The Bertz CT molecular complexity index is 715. The van der Waals surface area contributed by atoms with E-state index in [-0.39, 0.29) is 4.90 Å². The summed E-state index contributed by atoms with van der Waals surface area (Å²) in [7, 11) is -1.98. The van der Waals surface area contributed by atoms with Gasteiger partial charge in [-0.1, -0.05) is 12.1 Å². The fraction of sp³-hybridized carbons (Fsp3) is 0.267. The van der Waals surface area contributed by atoms with Crippen LogP contribution in [0.5, 0.6) is 0 Å². The zero-order valence-corrected chi connectivity index (χ0v) is 13.4. The maximum absolute atomic E-state index is 12.3. The molecule has 0 unspecified atom stereocenters. The first kappa shape index (κ1) is 16.3. The normalized spacial score (nSPS) is 11.2. The van der Waals surface area contributed by atoms with Gasteiger partial charge in [-0.3, -0.25) is 4.72 Å². The second kappa shape index (κ2) is 7.24. The monoisotopic (exact) mass is 321 g/mol. The number of nitrogens with one attached hydrogen (secondary N) is 2. The zero-order valence-electron chi connectivity index (χ0n) is 12.5. The Hall–Kier alpha value is -2.12. The fourth-order valence-corrected chi connectivity index (χ4v) is 2.98. The standard InChI is InChI=1S/C15H19N3O3S/c1-12-4-3-5-14(10-12)22(19,20)18-13-6-7-15(17-11-13)16-8-9-21-2/h3-7,10-11,18H,8-9H2,1-2H3,(H,16,17). The SMILES string of the molecule is COCCNc1ccc(NS(=O)(=O)c2cccc(C)c2)cn1. The summed E-state index contributed by atoms with van der Waals surface area (Å²) < 4.78 is 32.0. The van der Waals surface area contributed by atoms with Crippen molar-refractivity contribution in [2.45, 2.75) is 11.8 Å². The molecule has 0 atom stereocenters. The highest BCUT2D eigenvalue weighted by Gasteiger charge is 2.14. The van der Waals surface area contributed by atoms with Gasteiger partial charge in [0.15, 0.2) is 0 Å². The topological polar surface area (TPSA) is 80.3 Å². The highest BCUT2D eigenvalue weighted by Crippen LogP contribution is 2.17. The minimum atomic E-state index is -3.60. The smallest absolute Gasteiger partial charge is 0.261 e. The summed E-state index contributed by atoms with van der Waals surface area (Å²) in [6.45, 7) is 3.06. The quantitative estimate of drug-likeness (QED) is 0.765. The number of hydrogen-bond donors (Lipinski definition) is 2. The van der Waals surface area contributed by atoms with E-state index in [0.717, 1.165) is 5.56 Å². The molecule has 0 aliphatic heterocycles.